The molecule has 4 nitrogen and oxygen atoms in total. The van der Waals surface area contributed by atoms with Gasteiger partial charge >= 0.3 is 5.97 Å². The molecular weight excluding hydrogens is 288 g/mol. The van der Waals surface area contributed by atoms with Crippen molar-refractivity contribution in [2.45, 2.75) is 32.7 Å². The molecule has 0 radical (unpaired) electrons. The second kappa shape index (κ2) is 5.31. The molecule has 2 aliphatic rings. The van der Waals surface area contributed by atoms with Gasteiger partial charge in [-0.05, 0) is 48.9 Å². The van der Waals surface area contributed by atoms with Crippen LogP contribution in [0.25, 0.3) is 10.9 Å². The molecule has 1 saturated carbocycles. The Morgan fingerprint density at radius 1 is 1.48 bits per heavy atom. The van der Waals surface area contributed by atoms with Gasteiger partial charge in [0.25, 0.3) is 0 Å². The average Bonchev–Trinajstić information content (AvgIpc) is 3.05. The average molecular weight is 310 g/mol. The minimum absolute atomic E-state index is 0.322. The summed E-state index contributed by atoms with van der Waals surface area (Å²) in [7, 11) is 0. The van der Waals surface area contributed by atoms with Crippen molar-refractivity contribution in [2.24, 2.45) is 11.3 Å². The Bertz CT molecular complexity index is 773. The quantitative estimate of drug-likeness (QED) is 0.945. The highest BCUT2D eigenvalue weighted by atomic mass is 16.4. The van der Waals surface area contributed by atoms with Gasteiger partial charge in [0.1, 0.15) is 0 Å². The fraction of sp³-hybridized carbons (Fsp3) is 0.474. The van der Waals surface area contributed by atoms with E-state index in [9.17, 15) is 9.90 Å². The zero-order valence-corrected chi connectivity index (χ0v) is 13.5. The number of aromatic nitrogens is 1. The molecule has 0 bridgehead atoms. The lowest BCUT2D eigenvalue weighted by atomic mass is 9.81. The molecule has 4 heteroatoms. The maximum atomic E-state index is 11.8. The topological polar surface area (TPSA) is 53.4 Å². The molecule has 1 saturated heterocycles. The summed E-state index contributed by atoms with van der Waals surface area (Å²) in [6.45, 7) is 4.53. The molecule has 0 amide bonds. The third-order valence-corrected chi connectivity index (χ3v) is 5.73. The standard InChI is InChI=1S/C19H22N2O2/c1-13-8-14(9-15-4-3-7-20-17(13)15)10-21-11-16-5-2-6-19(16,12-21)18(22)23/h3-4,7-9,16H,2,5-6,10-12H2,1H3,(H,22,23)/t16-,19+/m0/s1. The van der Waals surface area contributed by atoms with E-state index in [4.69, 9.17) is 0 Å². The van der Waals surface area contributed by atoms with Gasteiger partial charge in [0.15, 0.2) is 0 Å². The number of benzene rings is 1. The molecule has 1 aliphatic heterocycles. The molecule has 2 atom stereocenters. The number of carbonyl (C=O) groups is 1. The maximum absolute atomic E-state index is 11.8. The lowest BCUT2D eigenvalue weighted by Gasteiger charge is -2.23. The number of nitrogens with zero attached hydrogens (tertiary/aromatic N) is 2. The van der Waals surface area contributed by atoms with Gasteiger partial charge in [-0.3, -0.25) is 14.7 Å². The predicted molar refractivity (Wildman–Crippen MR) is 89.2 cm³/mol. The Balaban J connectivity index is 1.59. The van der Waals surface area contributed by atoms with Crippen molar-refractivity contribution < 1.29 is 9.90 Å². The highest BCUT2D eigenvalue weighted by Crippen LogP contribution is 2.49. The van der Waals surface area contributed by atoms with Gasteiger partial charge in [0.05, 0.1) is 10.9 Å². The van der Waals surface area contributed by atoms with Crippen molar-refractivity contribution in [3.63, 3.8) is 0 Å². The number of hydrogen-bond donors (Lipinski definition) is 1. The summed E-state index contributed by atoms with van der Waals surface area (Å²) in [4.78, 5) is 18.6. The summed E-state index contributed by atoms with van der Waals surface area (Å²) in [5, 5.41) is 10.9. The summed E-state index contributed by atoms with van der Waals surface area (Å²) in [6.07, 6.45) is 4.78. The van der Waals surface area contributed by atoms with Crippen molar-refractivity contribution in [1.29, 1.82) is 0 Å². The number of aryl methyl sites for hydroxylation is 1. The van der Waals surface area contributed by atoms with Gasteiger partial charge in [0, 0.05) is 31.2 Å². The van der Waals surface area contributed by atoms with Crippen LogP contribution in [0.15, 0.2) is 30.5 Å². The minimum atomic E-state index is -0.596. The van der Waals surface area contributed by atoms with Gasteiger partial charge in [0.2, 0.25) is 0 Å². The Hall–Kier alpha value is -1.94. The number of rotatable bonds is 3. The third kappa shape index (κ3) is 2.32. The van der Waals surface area contributed by atoms with Gasteiger partial charge in [-0.1, -0.05) is 18.6 Å². The molecule has 2 heterocycles. The zero-order valence-electron chi connectivity index (χ0n) is 13.5. The summed E-state index contributed by atoms with van der Waals surface area (Å²) >= 11 is 0. The van der Waals surface area contributed by atoms with Gasteiger partial charge in [-0.15, -0.1) is 0 Å². The van der Waals surface area contributed by atoms with E-state index in [0.717, 1.165) is 43.3 Å². The molecule has 120 valence electrons. The van der Waals surface area contributed by atoms with Crippen LogP contribution in [0.5, 0.6) is 0 Å². The van der Waals surface area contributed by atoms with Crippen LogP contribution in [0.3, 0.4) is 0 Å². The number of fused-ring (bicyclic) bond motifs is 2. The monoisotopic (exact) mass is 310 g/mol. The van der Waals surface area contributed by atoms with Crippen molar-refractivity contribution in [1.82, 2.24) is 9.88 Å². The number of carboxylic acids is 1. The van der Waals surface area contributed by atoms with Crippen LogP contribution in [0, 0.1) is 18.3 Å². The van der Waals surface area contributed by atoms with Gasteiger partial charge in [-0.2, -0.15) is 0 Å². The molecule has 4 rings (SSSR count). The zero-order chi connectivity index (χ0) is 16.0. The van der Waals surface area contributed by atoms with E-state index >= 15 is 0 Å². The molecule has 1 aromatic heterocycles. The number of carboxylic acid groups (broad SMARTS) is 1. The molecule has 1 N–H and O–H groups in total. The van der Waals surface area contributed by atoms with E-state index in [0.29, 0.717) is 12.5 Å². The Morgan fingerprint density at radius 3 is 3.13 bits per heavy atom. The normalized spacial score (nSPS) is 27.4. The smallest absolute Gasteiger partial charge is 0.311 e. The summed E-state index contributed by atoms with van der Waals surface area (Å²) in [5.74, 6) is -0.274. The Morgan fingerprint density at radius 2 is 2.35 bits per heavy atom. The third-order valence-electron chi connectivity index (χ3n) is 5.73. The van der Waals surface area contributed by atoms with Crippen LogP contribution in [-0.2, 0) is 11.3 Å². The molecule has 23 heavy (non-hydrogen) atoms. The van der Waals surface area contributed by atoms with Crippen LogP contribution in [0.1, 0.15) is 30.4 Å². The lowest BCUT2D eigenvalue weighted by molar-refractivity contribution is -0.149. The minimum Gasteiger partial charge on any atom is -0.481 e. The van der Waals surface area contributed by atoms with Gasteiger partial charge in [-0.25, -0.2) is 0 Å². The Labute approximate surface area is 136 Å². The molecule has 1 aromatic carbocycles. The lowest BCUT2D eigenvalue weighted by Crippen LogP contribution is -2.35. The van der Waals surface area contributed by atoms with E-state index in [2.05, 4.69) is 35.0 Å². The first-order chi connectivity index (χ1) is 11.1. The molecule has 0 spiro atoms. The predicted octanol–water partition coefficient (Wildman–Crippen LogP) is 3.23. The molecule has 2 aromatic rings. The van der Waals surface area contributed by atoms with Crippen LogP contribution in [0.4, 0.5) is 0 Å². The van der Waals surface area contributed by atoms with Crippen molar-refractivity contribution in [3.05, 3.63) is 41.6 Å². The molecular formula is C19H22N2O2. The second-order valence-electron chi connectivity index (χ2n) is 7.21. The fourth-order valence-electron chi connectivity index (χ4n) is 4.66. The van der Waals surface area contributed by atoms with Crippen molar-refractivity contribution >= 4 is 16.9 Å². The maximum Gasteiger partial charge on any atom is 0.311 e. The first-order valence-electron chi connectivity index (χ1n) is 8.38. The van der Waals surface area contributed by atoms with Crippen LogP contribution < -0.4 is 0 Å². The fourth-order valence-corrected chi connectivity index (χ4v) is 4.66. The summed E-state index contributed by atoms with van der Waals surface area (Å²) in [5.41, 5.74) is 3.00. The number of likely N-dealkylation sites (tertiary alicyclic amines) is 1. The Kier molecular flexibility index (Phi) is 3.38. The number of aliphatic carboxylic acids is 1. The first kappa shape index (κ1) is 14.6. The number of hydrogen-bond acceptors (Lipinski definition) is 3. The van der Waals surface area contributed by atoms with Crippen LogP contribution >= 0.6 is 0 Å². The molecule has 2 fully saturated rings. The largest absolute Gasteiger partial charge is 0.481 e. The van der Waals surface area contributed by atoms with E-state index in [1.807, 2.05) is 12.3 Å². The SMILES string of the molecule is Cc1cc(CN2C[C@@H]3CCC[C@@]3(C(=O)O)C2)cc2cccnc12. The van der Waals surface area contributed by atoms with Gasteiger partial charge < -0.3 is 5.11 Å². The highest BCUT2D eigenvalue weighted by Gasteiger charge is 2.54. The van der Waals surface area contributed by atoms with E-state index < -0.39 is 11.4 Å². The van der Waals surface area contributed by atoms with Crippen LogP contribution in [0.2, 0.25) is 0 Å². The molecule has 1 aliphatic carbocycles. The van der Waals surface area contributed by atoms with Crippen molar-refractivity contribution in [2.75, 3.05) is 13.1 Å². The number of pyridine rings is 1. The van der Waals surface area contributed by atoms with E-state index in [1.54, 1.807) is 0 Å². The van der Waals surface area contributed by atoms with E-state index in [-0.39, 0.29) is 0 Å². The highest BCUT2D eigenvalue weighted by molar-refractivity contribution is 5.82. The second-order valence-corrected chi connectivity index (χ2v) is 7.21. The van der Waals surface area contributed by atoms with E-state index in [1.165, 1.54) is 11.1 Å². The summed E-state index contributed by atoms with van der Waals surface area (Å²) < 4.78 is 0. The van der Waals surface area contributed by atoms with Crippen molar-refractivity contribution in [3.8, 4) is 0 Å². The molecule has 0 unspecified atom stereocenters. The van der Waals surface area contributed by atoms with Crippen LogP contribution in [-0.4, -0.2) is 34.0 Å². The first-order valence-corrected chi connectivity index (χ1v) is 8.38. The summed E-state index contributed by atoms with van der Waals surface area (Å²) in [6, 6.07) is 8.44.